The number of oxime groups is 1. The first-order valence-electron chi connectivity index (χ1n) is 5.51. The predicted molar refractivity (Wildman–Crippen MR) is 67.5 cm³/mol. The minimum Gasteiger partial charge on any atom is -0.486 e. The number of benzene rings is 1. The summed E-state index contributed by atoms with van der Waals surface area (Å²) >= 11 is 0. The Morgan fingerprint density at radius 2 is 2.11 bits per heavy atom. The molecule has 3 N–H and O–H groups in total. The van der Waals surface area contributed by atoms with E-state index >= 15 is 0 Å². The predicted octanol–water partition coefficient (Wildman–Crippen LogP) is 1.89. The van der Waals surface area contributed by atoms with Crippen LogP contribution in [-0.2, 0) is 6.61 Å². The summed E-state index contributed by atoms with van der Waals surface area (Å²) in [5.74, 6) is -0.193. The van der Waals surface area contributed by atoms with E-state index in [2.05, 4.69) is 10.1 Å². The molecular formula is C13H12FN3O2. The second kappa shape index (κ2) is 5.81. The highest BCUT2D eigenvalue weighted by molar-refractivity contribution is 5.97. The Morgan fingerprint density at radius 3 is 2.84 bits per heavy atom. The summed E-state index contributed by atoms with van der Waals surface area (Å²) in [5, 5.41) is 11.5. The van der Waals surface area contributed by atoms with E-state index in [1.165, 1.54) is 12.3 Å². The van der Waals surface area contributed by atoms with E-state index in [0.29, 0.717) is 11.3 Å². The fourth-order valence-corrected chi connectivity index (χ4v) is 1.52. The van der Waals surface area contributed by atoms with Crippen molar-refractivity contribution in [1.29, 1.82) is 0 Å². The molecule has 0 spiro atoms. The van der Waals surface area contributed by atoms with Crippen molar-refractivity contribution < 1.29 is 14.3 Å². The summed E-state index contributed by atoms with van der Waals surface area (Å²) in [6.45, 7) is 0.0318. The zero-order valence-electron chi connectivity index (χ0n) is 9.95. The molecule has 98 valence electrons. The summed E-state index contributed by atoms with van der Waals surface area (Å²) < 4.78 is 18.9. The number of hydrogen-bond donors (Lipinski definition) is 2. The summed E-state index contributed by atoms with van der Waals surface area (Å²) in [5.41, 5.74) is 6.10. The molecule has 5 nitrogen and oxygen atoms in total. The normalized spacial score (nSPS) is 11.3. The zero-order valence-corrected chi connectivity index (χ0v) is 9.95. The van der Waals surface area contributed by atoms with Crippen LogP contribution < -0.4 is 10.5 Å². The smallest absolute Gasteiger partial charge is 0.192 e. The number of nitrogens with zero attached hydrogens (tertiary/aromatic N) is 2. The largest absolute Gasteiger partial charge is 0.486 e. The van der Waals surface area contributed by atoms with Gasteiger partial charge in [-0.2, -0.15) is 0 Å². The quantitative estimate of drug-likeness (QED) is 0.381. The van der Waals surface area contributed by atoms with Gasteiger partial charge < -0.3 is 15.7 Å². The number of aromatic nitrogens is 1. The van der Waals surface area contributed by atoms with Gasteiger partial charge in [-0.05, 0) is 18.2 Å². The molecule has 0 fully saturated rings. The molecule has 1 aromatic carbocycles. The maximum absolute atomic E-state index is 13.4. The first-order chi connectivity index (χ1) is 9.22. The second-order valence-corrected chi connectivity index (χ2v) is 3.72. The summed E-state index contributed by atoms with van der Waals surface area (Å²) in [6.07, 6.45) is 1.49. The first kappa shape index (κ1) is 12.8. The Kier molecular flexibility index (Phi) is 3.92. The molecule has 0 atom stereocenters. The van der Waals surface area contributed by atoms with Crippen LogP contribution in [0.5, 0.6) is 5.75 Å². The maximum Gasteiger partial charge on any atom is 0.192 e. The molecule has 0 radical (unpaired) electrons. The van der Waals surface area contributed by atoms with Gasteiger partial charge in [0.2, 0.25) is 0 Å². The van der Waals surface area contributed by atoms with Gasteiger partial charge in [0.25, 0.3) is 0 Å². The SMILES string of the molecule is N/C(=N/O)c1ncccc1OCc1ccccc1F. The monoisotopic (exact) mass is 261 g/mol. The highest BCUT2D eigenvalue weighted by Gasteiger charge is 2.10. The molecule has 0 aliphatic heterocycles. The first-order valence-corrected chi connectivity index (χ1v) is 5.51. The Morgan fingerprint density at radius 1 is 1.32 bits per heavy atom. The number of amidine groups is 1. The fraction of sp³-hybridized carbons (Fsp3) is 0.0769. The van der Waals surface area contributed by atoms with Gasteiger partial charge in [-0.25, -0.2) is 9.37 Å². The minimum absolute atomic E-state index is 0.0318. The minimum atomic E-state index is -0.350. The third-order valence-corrected chi connectivity index (χ3v) is 2.46. The molecule has 2 rings (SSSR count). The lowest BCUT2D eigenvalue weighted by atomic mass is 10.2. The number of halogens is 1. The molecular weight excluding hydrogens is 249 g/mol. The molecule has 1 heterocycles. The van der Waals surface area contributed by atoms with Gasteiger partial charge in [0, 0.05) is 11.8 Å². The molecule has 0 amide bonds. The van der Waals surface area contributed by atoms with Crippen LogP contribution >= 0.6 is 0 Å². The van der Waals surface area contributed by atoms with Gasteiger partial charge in [-0.1, -0.05) is 23.4 Å². The van der Waals surface area contributed by atoms with E-state index in [9.17, 15) is 4.39 Å². The number of ether oxygens (including phenoxy) is 1. The second-order valence-electron chi connectivity index (χ2n) is 3.72. The van der Waals surface area contributed by atoms with Crippen molar-refractivity contribution in [2.45, 2.75) is 6.61 Å². The standard InChI is InChI=1S/C13H12FN3O2/c14-10-5-2-1-4-9(10)8-19-11-6-3-7-16-12(11)13(15)17-18/h1-7,18H,8H2,(H2,15,17). The lowest BCUT2D eigenvalue weighted by Crippen LogP contribution is -2.16. The average Bonchev–Trinajstić information content (AvgIpc) is 2.46. The Hall–Kier alpha value is -2.63. The molecule has 19 heavy (non-hydrogen) atoms. The number of hydrogen-bond acceptors (Lipinski definition) is 4. The van der Waals surface area contributed by atoms with Crippen LogP contribution in [-0.4, -0.2) is 16.0 Å². The van der Waals surface area contributed by atoms with Gasteiger partial charge in [-0.3, -0.25) is 0 Å². The van der Waals surface area contributed by atoms with Gasteiger partial charge >= 0.3 is 0 Å². The van der Waals surface area contributed by atoms with Crippen LogP contribution in [0, 0.1) is 5.82 Å². The molecule has 0 saturated heterocycles. The van der Waals surface area contributed by atoms with Gasteiger partial charge in [0.15, 0.2) is 11.5 Å². The van der Waals surface area contributed by atoms with E-state index in [1.54, 1.807) is 30.3 Å². The van der Waals surface area contributed by atoms with E-state index in [4.69, 9.17) is 15.7 Å². The van der Waals surface area contributed by atoms with Gasteiger partial charge in [-0.15, -0.1) is 0 Å². The van der Waals surface area contributed by atoms with E-state index in [1.807, 2.05) is 0 Å². The van der Waals surface area contributed by atoms with Crippen molar-refractivity contribution in [3.63, 3.8) is 0 Å². The topological polar surface area (TPSA) is 80.7 Å². The van der Waals surface area contributed by atoms with Crippen LogP contribution in [0.2, 0.25) is 0 Å². The van der Waals surface area contributed by atoms with E-state index < -0.39 is 0 Å². The third-order valence-electron chi connectivity index (χ3n) is 2.46. The van der Waals surface area contributed by atoms with Crippen LogP contribution in [0.15, 0.2) is 47.8 Å². The van der Waals surface area contributed by atoms with Gasteiger partial charge in [0.05, 0.1) is 0 Å². The number of pyridine rings is 1. The average molecular weight is 261 g/mol. The number of rotatable bonds is 4. The third kappa shape index (κ3) is 2.98. The molecule has 2 aromatic rings. The van der Waals surface area contributed by atoms with E-state index in [0.717, 1.165) is 0 Å². The molecule has 0 bridgehead atoms. The molecule has 6 heteroatoms. The van der Waals surface area contributed by atoms with E-state index in [-0.39, 0.29) is 24.0 Å². The van der Waals surface area contributed by atoms with Crippen LogP contribution in [0.25, 0.3) is 0 Å². The fourth-order valence-electron chi connectivity index (χ4n) is 1.52. The Balaban J connectivity index is 2.19. The summed E-state index contributed by atoms with van der Waals surface area (Å²) in [7, 11) is 0. The molecule has 1 aromatic heterocycles. The number of nitrogens with two attached hydrogens (primary N) is 1. The highest BCUT2D eigenvalue weighted by Crippen LogP contribution is 2.17. The highest BCUT2D eigenvalue weighted by atomic mass is 19.1. The Bertz CT molecular complexity index is 602. The van der Waals surface area contributed by atoms with Crippen molar-refractivity contribution in [3.8, 4) is 5.75 Å². The maximum atomic E-state index is 13.4. The van der Waals surface area contributed by atoms with Gasteiger partial charge in [0.1, 0.15) is 18.2 Å². The summed E-state index contributed by atoms with van der Waals surface area (Å²) in [6, 6.07) is 9.55. The lowest BCUT2D eigenvalue weighted by Gasteiger charge is -2.10. The van der Waals surface area contributed by atoms with Crippen LogP contribution in [0.1, 0.15) is 11.3 Å². The summed E-state index contributed by atoms with van der Waals surface area (Å²) in [4.78, 5) is 3.95. The lowest BCUT2D eigenvalue weighted by molar-refractivity contribution is 0.296. The molecule has 0 unspecified atom stereocenters. The van der Waals surface area contributed by atoms with Crippen molar-refractivity contribution in [1.82, 2.24) is 4.98 Å². The van der Waals surface area contributed by atoms with Crippen LogP contribution in [0.4, 0.5) is 4.39 Å². The zero-order chi connectivity index (χ0) is 13.7. The van der Waals surface area contributed by atoms with Crippen molar-refractivity contribution in [2.75, 3.05) is 0 Å². The van der Waals surface area contributed by atoms with Crippen molar-refractivity contribution >= 4 is 5.84 Å². The molecule has 0 saturated carbocycles. The Labute approximate surface area is 109 Å². The van der Waals surface area contributed by atoms with Crippen molar-refractivity contribution in [2.24, 2.45) is 10.9 Å². The molecule has 0 aliphatic carbocycles. The van der Waals surface area contributed by atoms with Crippen molar-refractivity contribution in [3.05, 3.63) is 59.7 Å². The van der Waals surface area contributed by atoms with Crippen LogP contribution in [0.3, 0.4) is 0 Å². The molecule has 0 aliphatic rings.